The molecule has 6 heteroatoms. The molecule has 0 saturated heterocycles. The van der Waals surface area contributed by atoms with Crippen molar-refractivity contribution in [3.8, 4) is 23.0 Å². The zero-order valence-corrected chi connectivity index (χ0v) is 16.0. The number of Topliss-reactive ketones (excluding diaryl/α,β-unsaturated/α-hetero) is 2. The number of hydrogen-bond donors (Lipinski definition) is 2. The second-order valence-electron chi connectivity index (χ2n) is 6.38. The summed E-state index contributed by atoms with van der Waals surface area (Å²) < 4.78 is 10.4. The van der Waals surface area contributed by atoms with Crippen molar-refractivity contribution in [1.82, 2.24) is 0 Å². The van der Waals surface area contributed by atoms with Gasteiger partial charge >= 0.3 is 0 Å². The molecule has 0 radical (unpaired) electrons. The molecule has 0 fully saturated rings. The predicted octanol–water partition coefficient (Wildman–Crippen LogP) is 3.97. The molecular formula is C21H24O6. The number of benzene rings is 2. The zero-order chi connectivity index (χ0) is 20.1. The Hall–Kier alpha value is -3.02. The van der Waals surface area contributed by atoms with E-state index >= 15 is 0 Å². The minimum atomic E-state index is -0.274. The molecule has 2 aromatic carbocycles. The van der Waals surface area contributed by atoms with Crippen molar-refractivity contribution in [1.29, 1.82) is 0 Å². The van der Waals surface area contributed by atoms with E-state index in [4.69, 9.17) is 9.47 Å². The van der Waals surface area contributed by atoms with Crippen LogP contribution in [0.5, 0.6) is 23.0 Å². The molecular weight excluding hydrogens is 348 g/mol. The molecule has 0 aliphatic heterocycles. The van der Waals surface area contributed by atoms with Crippen molar-refractivity contribution in [2.45, 2.75) is 33.1 Å². The third kappa shape index (κ3) is 4.58. The molecule has 0 amide bonds. The maximum atomic E-state index is 12.4. The molecule has 0 heterocycles. The molecule has 0 spiro atoms. The fraction of sp³-hybridized carbons (Fsp3) is 0.333. The van der Waals surface area contributed by atoms with E-state index < -0.39 is 0 Å². The largest absolute Gasteiger partial charge is 0.507 e. The SMILES string of the molecule is COc1cc(C(=O)CCCC(=O)c2cc(OC)c(C)cc2O)c(O)cc1C. The van der Waals surface area contributed by atoms with Crippen LogP contribution >= 0.6 is 0 Å². The van der Waals surface area contributed by atoms with Gasteiger partial charge < -0.3 is 19.7 Å². The van der Waals surface area contributed by atoms with Crippen molar-refractivity contribution >= 4 is 11.6 Å². The van der Waals surface area contributed by atoms with E-state index in [2.05, 4.69) is 0 Å². The molecule has 0 aliphatic rings. The van der Waals surface area contributed by atoms with Gasteiger partial charge in [0.05, 0.1) is 25.3 Å². The smallest absolute Gasteiger partial charge is 0.166 e. The summed E-state index contributed by atoms with van der Waals surface area (Å²) in [5.74, 6) is 0.275. The van der Waals surface area contributed by atoms with Gasteiger partial charge in [-0.1, -0.05) is 0 Å². The van der Waals surface area contributed by atoms with Crippen molar-refractivity contribution < 1.29 is 29.3 Å². The van der Waals surface area contributed by atoms with Crippen LogP contribution in [0.2, 0.25) is 0 Å². The molecule has 0 bridgehead atoms. The molecule has 144 valence electrons. The summed E-state index contributed by atoms with van der Waals surface area (Å²) in [7, 11) is 2.99. The first-order valence-electron chi connectivity index (χ1n) is 8.60. The Labute approximate surface area is 158 Å². The highest BCUT2D eigenvalue weighted by molar-refractivity contribution is 6.01. The van der Waals surface area contributed by atoms with Crippen LogP contribution in [0.1, 0.15) is 51.1 Å². The van der Waals surface area contributed by atoms with Gasteiger partial charge in [0, 0.05) is 12.8 Å². The van der Waals surface area contributed by atoms with Crippen LogP contribution in [0.25, 0.3) is 0 Å². The number of ketones is 2. The molecule has 0 aromatic heterocycles. The van der Waals surface area contributed by atoms with E-state index in [1.54, 1.807) is 13.8 Å². The number of ether oxygens (including phenoxy) is 2. The Morgan fingerprint density at radius 1 is 0.778 bits per heavy atom. The minimum Gasteiger partial charge on any atom is -0.507 e. The monoisotopic (exact) mass is 372 g/mol. The third-order valence-electron chi connectivity index (χ3n) is 4.43. The normalized spacial score (nSPS) is 10.5. The van der Waals surface area contributed by atoms with Gasteiger partial charge in [-0.3, -0.25) is 9.59 Å². The molecule has 0 atom stereocenters. The van der Waals surface area contributed by atoms with Crippen LogP contribution < -0.4 is 9.47 Å². The second-order valence-corrected chi connectivity index (χ2v) is 6.38. The van der Waals surface area contributed by atoms with Gasteiger partial charge in [-0.2, -0.15) is 0 Å². The molecule has 0 unspecified atom stereocenters. The first-order chi connectivity index (χ1) is 12.8. The number of rotatable bonds is 8. The van der Waals surface area contributed by atoms with Gasteiger partial charge in [-0.15, -0.1) is 0 Å². The first-order valence-corrected chi connectivity index (χ1v) is 8.60. The summed E-state index contributed by atoms with van der Waals surface area (Å²) in [6, 6.07) is 5.97. The van der Waals surface area contributed by atoms with Crippen LogP contribution in [0.4, 0.5) is 0 Å². The molecule has 27 heavy (non-hydrogen) atoms. The van der Waals surface area contributed by atoms with E-state index in [1.807, 2.05) is 0 Å². The highest BCUT2D eigenvalue weighted by Crippen LogP contribution is 2.30. The molecule has 6 nitrogen and oxygen atoms in total. The van der Waals surface area contributed by atoms with E-state index in [0.29, 0.717) is 17.9 Å². The molecule has 2 aromatic rings. The Kier molecular flexibility index (Phi) is 6.45. The van der Waals surface area contributed by atoms with Crippen molar-refractivity contribution in [2.24, 2.45) is 0 Å². The Morgan fingerprint density at radius 3 is 1.48 bits per heavy atom. The Balaban J connectivity index is 2.04. The lowest BCUT2D eigenvalue weighted by molar-refractivity contribution is 0.0954. The first kappa shape index (κ1) is 20.3. The van der Waals surface area contributed by atoms with Crippen molar-refractivity contribution in [2.75, 3.05) is 14.2 Å². The van der Waals surface area contributed by atoms with Crippen LogP contribution in [-0.2, 0) is 0 Å². The lowest BCUT2D eigenvalue weighted by Crippen LogP contribution is -2.05. The highest BCUT2D eigenvalue weighted by Gasteiger charge is 2.17. The van der Waals surface area contributed by atoms with E-state index in [-0.39, 0.29) is 47.0 Å². The summed E-state index contributed by atoms with van der Waals surface area (Å²) in [4.78, 5) is 24.8. The fourth-order valence-electron chi connectivity index (χ4n) is 2.91. The molecule has 0 saturated carbocycles. The number of carbonyl (C=O) groups is 2. The quantitative estimate of drug-likeness (QED) is 0.681. The molecule has 0 aliphatic carbocycles. The Bertz CT molecular complexity index is 798. The predicted molar refractivity (Wildman–Crippen MR) is 101 cm³/mol. The zero-order valence-electron chi connectivity index (χ0n) is 16.0. The highest BCUT2D eigenvalue weighted by atomic mass is 16.5. The third-order valence-corrected chi connectivity index (χ3v) is 4.43. The van der Waals surface area contributed by atoms with Gasteiger partial charge in [0.15, 0.2) is 11.6 Å². The molecule has 2 N–H and O–H groups in total. The van der Waals surface area contributed by atoms with Crippen LogP contribution in [-0.4, -0.2) is 36.0 Å². The summed E-state index contributed by atoms with van der Waals surface area (Å²) >= 11 is 0. The molecule has 2 rings (SSSR count). The van der Waals surface area contributed by atoms with E-state index in [0.717, 1.165) is 11.1 Å². The van der Waals surface area contributed by atoms with Gasteiger partial charge in [-0.05, 0) is 55.7 Å². The fourth-order valence-corrected chi connectivity index (χ4v) is 2.91. The Morgan fingerprint density at radius 2 is 1.15 bits per heavy atom. The van der Waals surface area contributed by atoms with Gasteiger partial charge in [-0.25, -0.2) is 0 Å². The van der Waals surface area contributed by atoms with Crippen LogP contribution in [0, 0.1) is 13.8 Å². The second kappa shape index (κ2) is 8.58. The standard InChI is InChI=1S/C21H24O6/c1-12-8-18(24)14(10-20(12)26-3)16(22)6-5-7-17(23)15-11-21(27-4)13(2)9-19(15)25/h8-11,24-25H,5-7H2,1-4H3. The summed E-state index contributed by atoms with van der Waals surface area (Å²) in [5, 5.41) is 20.0. The maximum absolute atomic E-state index is 12.4. The van der Waals surface area contributed by atoms with E-state index in [9.17, 15) is 19.8 Å². The number of phenolic OH excluding ortho intramolecular Hbond substituents is 2. The summed E-state index contributed by atoms with van der Waals surface area (Å²) in [6.07, 6.45) is 0.480. The lowest BCUT2D eigenvalue weighted by atomic mass is 9.98. The number of hydrogen-bond acceptors (Lipinski definition) is 6. The summed E-state index contributed by atoms with van der Waals surface area (Å²) in [5.41, 5.74) is 1.80. The van der Waals surface area contributed by atoms with Gasteiger partial charge in [0.25, 0.3) is 0 Å². The average molecular weight is 372 g/mol. The minimum absolute atomic E-state index is 0.0925. The van der Waals surface area contributed by atoms with Crippen molar-refractivity contribution in [3.63, 3.8) is 0 Å². The number of methoxy groups -OCH3 is 2. The van der Waals surface area contributed by atoms with Crippen LogP contribution in [0.3, 0.4) is 0 Å². The average Bonchev–Trinajstić information content (AvgIpc) is 2.61. The van der Waals surface area contributed by atoms with E-state index in [1.165, 1.54) is 38.5 Å². The maximum Gasteiger partial charge on any atom is 0.166 e. The van der Waals surface area contributed by atoms with Crippen molar-refractivity contribution in [3.05, 3.63) is 46.5 Å². The number of aromatic hydroxyl groups is 2. The summed E-state index contributed by atoms with van der Waals surface area (Å²) in [6.45, 7) is 3.54. The number of carbonyl (C=O) groups excluding carboxylic acids is 2. The number of phenols is 2. The van der Waals surface area contributed by atoms with Crippen LogP contribution in [0.15, 0.2) is 24.3 Å². The lowest BCUT2D eigenvalue weighted by Gasteiger charge is -2.10. The van der Waals surface area contributed by atoms with Gasteiger partial charge in [0.2, 0.25) is 0 Å². The van der Waals surface area contributed by atoms with Gasteiger partial charge in [0.1, 0.15) is 23.0 Å². The number of aryl methyl sites for hydroxylation is 2. The topological polar surface area (TPSA) is 93.1 Å².